The van der Waals surface area contributed by atoms with Crippen LogP contribution in [0, 0.1) is 5.82 Å². The van der Waals surface area contributed by atoms with Crippen molar-refractivity contribution >= 4 is 29.9 Å². The second-order valence-electron chi connectivity index (χ2n) is 7.51. The summed E-state index contributed by atoms with van der Waals surface area (Å²) in [5, 5.41) is 11.1. The molecule has 158 valence electrons. The van der Waals surface area contributed by atoms with Crippen molar-refractivity contribution in [2.45, 2.75) is 31.3 Å². The van der Waals surface area contributed by atoms with Crippen LogP contribution in [0.15, 0.2) is 72.0 Å². The summed E-state index contributed by atoms with van der Waals surface area (Å²) in [6, 6.07) is 17.3. The highest BCUT2D eigenvalue weighted by molar-refractivity contribution is 14.0. The molecule has 1 aromatic heterocycles. The number of rotatable bonds is 7. The van der Waals surface area contributed by atoms with Crippen molar-refractivity contribution in [3.05, 3.63) is 89.5 Å². The molecule has 4 rings (SSSR count). The third kappa shape index (κ3) is 5.19. The number of hydrogen-bond acceptors (Lipinski definition) is 2. The van der Waals surface area contributed by atoms with Gasteiger partial charge < -0.3 is 10.6 Å². The van der Waals surface area contributed by atoms with E-state index in [9.17, 15) is 4.39 Å². The maximum Gasteiger partial charge on any atom is 0.191 e. The standard InChI is InChI=1S/C23H26FN5.HI/c1-25-22(27-17-23(11-12-23)20-9-4-5-10-21(20)24)26-15-18-7-2-3-8-19(18)16-29-14-6-13-28-29;/h2-10,13-14H,11-12,15-17H2,1H3,(H2,25,26,27);1H. The Hall–Kier alpha value is -2.42. The van der Waals surface area contributed by atoms with Crippen molar-refractivity contribution < 1.29 is 4.39 Å². The number of nitrogens with one attached hydrogen (secondary N) is 2. The van der Waals surface area contributed by atoms with Gasteiger partial charge in [-0.2, -0.15) is 5.10 Å². The van der Waals surface area contributed by atoms with Gasteiger partial charge >= 0.3 is 0 Å². The Morgan fingerprint density at radius 2 is 1.80 bits per heavy atom. The first kappa shape index (κ1) is 22.3. The largest absolute Gasteiger partial charge is 0.356 e. The summed E-state index contributed by atoms with van der Waals surface area (Å²) < 4.78 is 16.1. The second kappa shape index (κ2) is 10.1. The van der Waals surface area contributed by atoms with Crippen LogP contribution in [-0.4, -0.2) is 29.3 Å². The van der Waals surface area contributed by atoms with Crippen molar-refractivity contribution in [2.24, 2.45) is 4.99 Å². The molecule has 0 radical (unpaired) electrons. The minimum atomic E-state index is -0.124. The predicted octanol–water partition coefficient (Wildman–Crippen LogP) is 4.09. The molecule has 3 aromatic rings. The molecular weight excluding hydrogens is 492 g/mol. The Labute approximate surface area is 193 Å². The van der Waals surface area contributed by atoms with E-state index in [1.54, 1.807) is 25.4 Å². The summed E-state index contributed by atoms with van der Waals surface area (Å²) in [5.41, 5.74) is 3.08. The van der Waals surface area contributed by atoms with Gasteiger partial charge in [-0.15, -0.1) is 24.0 Å². The summed E-state index contributed by atoms with van der Waals surface area (Å²) in [5.74, 6) is 0.601. The Morgan fingerprint density at radius 3 is 2.47 bits per heavy atom. The lowest BCUT2D eigenvalue weighted by Crippen LogP contribution is -2.41. The smallest absolute Gasteiger partial charge is 0.191 e. The number of nitrogens with zero attached hydrogens (tertiary/aromatic N) is 3. The average molecular weight is 519 g/mol. The lowest BCUT2D eigenvalue weighted by molar-refractivity contribution is 0.559. The van der Waals surface area contributed by atoms with Crippen LogP contribution in [0.25, 0.3) is 0 Å². The molecular formula is C23H27FIN5. The Morgan fingerprint density at radius 1 is 1.07 bits per heavy atom. The van der Waals surface area contributed by atoms with Crippen LogP contribution in [0.3, 0.4) is 0 Å². The Balaban J connectivity index is 0.00000256. The molecule has 1 aliphatic rings. The van der Waals surface area contributed by atoms with Gasteiger partial charge in [0.2, 0.25) is 0 Å². The number of benzene rings is 2. The predicted molar refractivity (Wildman–Crippen MR) is 129 cm³/mol. The minimum Gasteiger partial charge on any atom is -0.356 e. The van der Waals surface area contributed by atoms with E-state index >= 15 is 0 Å². The monoisotopic (exact) mass is 519 g/mol. The molecule has 1 aliphatic carbocycles. The fraction of sp³-hybridized carbons (Fsp3) is 0.304. The van der Waals surface area contributed by atoms with E-state index < -0.39 is 0 Å². The molecule has 7 heteroatoms. The fourth-order valence-corrected chi connectivity index (χ4v) is 3.69. The van der Waals surface area contributed by atoms with Crippen LogP contribution in [0.4, 0.5) is 4.39 Å². The van der Waals surface area contributed by atoms with Gasteiger partial charge in [-0.1, -0.05) is 42.5 Å². The number of guanidine groups is 1. The normalized spacial score (nSPS) is 14.7. The third-order valence-electron chi connectivity index (χ3n) is 5.57. The molecule has 1 saturated carbocycles. The van der Waals surface area contributed by atoms with Crippen LogP contribution in [0.2, 0.25) is 0 Å². The molecule has 0 unspecified atom stereocenters. The van der Waals surface area contributed by atoms with E-state index in [0.717, 1.165) is 30.9 Å². The van der Waals surface area contributed by atoms with Gasteiger partial charge in [0.15, 0.2) is 5.96 Å². The quantitative estimate of drug-likeness (QED) is 0.281. The van der Waals surface area contributed by atoms with Crippen LogP contribution < -0.4 is 10.6 Å². The van der Waals surface area contributed by atoms with Crippen molar-refractivity contribution in [1.82, 2.24) is 20.4 Å². The zero-order valence-corrected chi connectivity index (χ0v) is 19.3. The SMILES string of the molecule is CN=C(NCc1ccccc1Cn1cccn1)NCC1(c2ccccc2F)CC1.I. The molecule has 5 nitrogen and oxygen atoms in total. The van der Waals surface area contributed by atoms with Crippen molar-refractivity contribution in [1.29, 1.82) is 0 Å². The first-order valence-corrected chi connectivity index (χ1v) is 9.94. The first-order valence-electron chi connectivity index (χ1n) is 9.94. The lowest BCUT2D eigenvalue weighted by atomic mass is 9.95. The second-order valence-corrected chi connectivity index (χ2v) is 7.51. The molecule has 0 spiro atoms. The van der Waals surface area contributed by atoms with Gasteiger partial charge in [0.1, 0.15) is 5.82 Å². The van der Waals surface area contributed by atoms with Crippen LogP contribution in [-0.2, 0) is 18.5 Å². The molecule has 0 amide bonds. The van der Waals surface area contributed by atoms with E-state index in [-0.39, 0.29) is 35.2 Å². The zero-order valence-electron chi connectivity index (χ0n) is 17.0. The molecule has 1 fully saturated rings. The maximum atomic E-state index is 14.2. The van der Waals surface area contributed by atoms with Gasteiger partial charge in [0, 0.05) is 37.9 Å². The van der Waals surface area contributed by atoms with Gasteiger partial charge in [-0.3, -0.25) is 9.67 Å². The van der Waals surface area contributed by atoms with Crippen molar-refractivity contribution in [2.75, 3.05) is 13.6 Å². The van der Waals surface area contributed by atoms with Gasteiger partial charge in [-0.25, -0.2) is 4.39 Å². The molecule has 30 heavy (non-hydrogen) atoms. The number of halogens is 2. The van der Waals surface area contributed by atoms with Crippen LogP contribution >= 0.6 is 24.0 Å². The summed E-state index contributed by atoms with van der Waals surface area (Å²) >= 11 is 0. The van der Waals surface area contributed by atoms with E-state index in [0.29, 0.717) is 13.1 Å². The summed E-state index contributed by atoms with van der Waals surface area (Å²) in [6.45, 7) is 2.06. The number of aliphatic imine (C=N–C) groups is 1. The first-order chi connectivity index (χ1) is 14.2. The minimum absolute atomic E-state index is 0. The molecule has 0 aliphatic heterocycles. The molecule has 0 bridgehead atoms. The topological polar surface area (TPSA) is 54.2 Å². The van der Waals surface area contributed by atoms with Crippen LogP contribution in [0.5, 0.6) is 0 Å². The highest BCUT2D eigenvalue weighted by atomic mass is 127. The molecule has 2 N–H and O–H groups in total. The van der Waals surface area contributed by atoms with Gasteiger partial charge in [0.25, 0.3) is 0 Å². The van der Waals surface area contributed by atoms with Crippen molar-refractivity contribution in [3.63, 3.8) is 0 Å². The maximum absolute atomic E-state index is 14.2. The number of hydrogen-bond donors (Lipinski definition) is 2. The van der Waals surface area contributed by atoms with E-state index in [4.69, 9.17) is 0 Å². The average Bonchev–Trinajstić information content (AvgIpc) is 3.35. The summed E-state index contributed by atoms with van der Waals surface area (Å²) in [7, 11) is 1.76. The molecule has 2 aromatic carbocycles. The third-order valence-corrected chi connectivity index (χ3v) is 5.57. The van der Waals surface area contributed by atoms with E-state index in [1.165, 1.54) is 11.1 Å². The summed E-state index contributed by atoms with van der Waals surface area (Å²) in [6.07, 6.45) is 5.73. The summed E-state index contributed by atoms with van der Waals surface area (Å²) in [4.78, 5) is 4.34. The van der Waals surface area contributed by atoms with Gasteiger partial charge in [-0.05, 0) is 41.7 Å². The number of aromatic nitrogens is 2. The lowest BCUT2D eigenvalue weighted by Gasteiger charge is -2.20. The molecule has 0 saturated heterocycles. The van der Waals surface area contributed by atoms with Crippen molar-refractivity contribution in [3.8, 4) is 0 Å². The van der Waals surface area contributed by atoms with Gasteiger partial charge in [0.05, 0.1) is 6.54 Å². The van der Waals surface area contributed by atoms with E-state index in [2.05, 4.69) is 32.9 Å². The van der Waals surface area contributed by atoms with Crippen LogP contribution in [0.1, 0.15) is 29.5 Å². The fourth-order valence-electron chi connectivity index (χ4n) is 3.69. The Bertz CT molecular complexity index is 983. The Kier molecular flexibility index (Phi) is 7.47. The molecule has 1 heterocycles. The van der Waals surface area contributed by atoms with E-state index in [1.807, 2.05) is 41.2 Å². The highest BCUT2D eigenvalue weighted by Crippen LogP contribution is 2.48. The molecule has 0 atom stereocenters. The zero-order chi connectivity index (χ0) is 20.1. The highest BCUT2D eigenvalue weighted by Gasteiger charge is 2.45.